The number of anilines is 1. The zero-order valence-corrected chi connectivity index (χ0v) is 11.8. The molecule has 0 spiro atoms. The van der Waals surface area contributed by atoms with Crippen molar-refractivity contribution in [2.24, 2.45) is 5.73 Å². The summed E-state index contributed by atoms with van der Waals surface area (Å²) >= 11 is 0. The van der Waals surface area contributed by atoms with Gasteiger partial charge in [-0.25, -0.2) is 4.79 Å². The normalized spacial score (nSPS) is 12.0. The van der Waals surface area contributed by atoms with E-state index in [2.05, 4.69) is 5.32 Å². The predicted molar refractivity (Wildman–Crippen MR) is 77.2 cm³/mol. The lowest BCUT2D eigenvalue weighted by molar-refractivity contribution is 0.179. The second kappa shape index (κ2) is 7.76. The first kappa shape index (κ1) is 15.5. The summed E-state index contributed by atoms with van der Waals surface area (Å²) in [4.78, 5) is 13.5. The molecule has 0 aliphatic rings. The molecule has 1 atom stereocenters. The Kier molecular flexibility index (Phi) is 6.32. The minimum atomic E-state index is -0.121. The van der Waals surface area contributed by atoms with E-state index in [1.54, 1.807) is 19.1 Å². The number of carbonyl (C=O) groups excluding carboxylic acids is 1. The summed E-state index contributed by atoms with van der Waals surface area (Å²) in [5, 5.41) is 2.84. The Morgan fingerprint density at radius 3 is 2.58 bits per heavy atom. The van der Waals surface area contributed by atoms with Gasteiger partial charge in [0.1, 0.15) is 0 Å². The summed E-state index contributed by atoms with van der Waals surface area (Å²) in [6, 6.07) is 7.45. The number of amides is 2. The van der Waals surface area contributed by atoms with Gasteiger partial charge in [0, 0.05) is 39.0 Å². The van der Waals surface area contributed by atoms with E-state index in [9.17, 15) is 4.79 Å². The Labute approximate surface area is 114 Å². The first-order valence-electron chi connectivity index (χ1n) is 6.41. The Bertz CT molecular complexity index is 390. The Morgan fingerprint density at radius 1 is 1.42 bits per heavy atom. The lowest BCUT2D eigenvalue weighted by Gasteiger charge is -2.18. The van der Waals surface area contributed by atoms with Crippen molar-refractivity contribution in [2.75, 3.05) is 32.6 Å². The Hall–Kier alpha value is -1.59. The molecule has 1 unspecified atom stereocenters. The van der Waals surface area contributed by atoms with Gasteiger partial charge in [-0.1, -0.05) is 12.1 Å². The molecular formula is C14H23N3O2. The highest BCUT2D eigenvalue weighted by Gasteiger charge is 2.08. The fourth-order valence-corrected chi connectivity index (χ4v) is 1.64. The summed E-state index contributed by atoms with van der Waals surface area (Å²) in [7, 11) is 3.42. The molecule has 2 amide bonds. The lowest BCUT2D eigenvalue weighted by Crippen LogP contribution is -2.32. The Balaban J connectivity index is 2.47. The maximum atomic E-state index is 11.9. The van der Waals surface area contributed by atoms with Gasteiger partial charge in [-0.05, 0) is 31.0 Å². The average Bonchev–Trinajstić information content (AvgIpc) is 2.39. The molecule has 0 saturated carbocycles. The molecule has 0 aromatic heterocycles. The molecule has 3 N–H and O–H groups in total. The van der Waals surface area contributed by atoms with Crippen LogP contribution < -0.4 is 11.1 Å². The topological polar surface area (TPSA) is 67.6 Å². The Morgan fingerprint density at radius 2 is 2.05 bits per heavy atom. The first-order chi connectivity index (χ1) is 9.04. The summed E-state index contributed by atoms with van der Waals surface area (Å²) in [6.07, 6.45) is 0.823. The fraction of sp³-hybridized carbons (Fsp3) is 0.500. The number of carbonyl (C=O) groups is 1. The maximum Gasteiger partial charge on any atom is 0.321 e. The zero-order valence-electron chi connectivity index (χ0n) is 11.8. The molecule has 1 rings (SSSR count). The third-order valence-electron chi connectivity index (χ3n) is 2.88. The second-order valence-corrected chi connectivity index (χ2v) is 4.61. The largest absolute Gasteiger partial charge is 0.385 e. The zero-order chi connectivity index (χ0) is 14.3. The van der Waals surface area contributed by atoms with Gasteiger partial charge in [0.15, 0.2) is 0 Å². The summed E-state index contributed by atoms with van der Waals surface area (Å²) in [5.41, 5.74) is 7.59. The molecule has 5 nitrogen and oxygen atoms in total. The fourth-order valence-electron chi connectivity index (χ4n) is 1.64. The molecule has 1 aromatic carbocycles. The average molecular weight is 265 g/mol. The maximum absolute atomic E-state index is 11.9. The summed E-state index contributed by atoms with van der Waals surface area (Å²) in [5.74, 6) is 0. The number of hydrogen-bond donors (Lipinski definition) is 2. The molecule has 19 heavy (non-hydrogen) atoms. The molecule has 0 aliphatic heterocycles. The van der Waals surface area contributed by atoms with Crippen molar-refractivity contribution in [1.29, 1.82) is 0 Å². The highest BCUT2D eigenvalue weighted by molar-refractivity contribution is 5.89. The van der Waals surface area contributed by atoms with Crippen molar-refractivity contribution in [3.8, 4) is 0 Å². The van der Waals surface area contributed by atoms with Crippen molar-refractivity contribution < 1.29 is 9.53 Å². The van der Waals surface area contributed by atoms with Crippen LogP contribution in [0.1, 0.15) is 24.9 Å². The van der Waals surface area contributed by atoms with Crippen LogP contribution in [-0.4, -0.2) is 38.2 Å². The van der Waals surface area contributed by atoms with Gasteiger partial charge in [0.25, 0.3) is 0 Å². The number of hydrogen-bond acceptors (Lipinski definition) is 3. The molecule has 5 heteroatoms. The van der Waals surface area contributed by atoms with Crippen molar-refractivity contribution in [2.45, 2.75) is 19.4 Å². The van der Waals surface area contributed by atoms with Crippen LogP contribution in [-0.2, 0) is 4.74 Å². The van der Waals surface area contributed by atoms with Crippen LogP contribution in [0.4, 0.5) is 10.5 Å². The highest BCUT2D eigenvalue weighted by atomic mass is 16.5. The van der Waals surface area contributed by atoms with E-state index in [1.807, 2.05) is 31.2 Å². The van der Waals surface area contributed by atoms with E-state index >= 15 is 0 Å². The quantitative estimate of drug-likeness (QED) is 0.775. The number of methoxy groups -OCH3 is 1. The lowest BCUT2D eigenvalue weighted by atomic mass is 10.1. The number of nitrogens with two attached hydrogens (primary N) is 1. The van der Waals surface area contributed by atoms with Gasteiger partial charge in [-0.3, -0.25) is 0 Å². The van der Waals surface area contributed by atoms with E-state index < -0.39 is 0 Å². The molecule has 0 fully saturated rings. The summed E-state index contributed by atoms with van der Waals surface area (Å²) in [6.45, 7) is 3.25. The van der Waals surface area contributed by atoms with E-state index in [-0.39, 0.29) is 12.1 Å². The van der Waals surface area contributed by atoms with Crippen molar-refractivity contribution in [3.63, 3.8) is 0 Å². The van der Waals surface area contributed by atoms with Crippen molar-refractivity contribution in [3.05, 3.63) is 29.8 Å². The monoisotopic (exact) mass is 265 g/mol. The highest BCUT2D eigenvalue weighted by Crippen LogP contribution is 2.14. The number of urea groups is 1. The minimum absolute atomic E-state index is 0.00136. The second-order valence-electron chi connectivity index (χ2n) is 4.61. The number of nitrogens with zero attached hydrogens (tertiary/aromatic N) is 1. The van der Waals surface area contributed by atoms with Gasteiger partial charge in [-0.15, -0.1) is 0 Å². The molecular weight excluding hydrogens is 242 g/mol. The third kappa shape index (κ3) is 5.28. The third-order valence-corrected chi connectivity index (χ3v) is 2.88. The SMILES string of the molecule is COCCCN(C)C(=O)Nc1ccc(C(C)N)cc1. The van der Waals surface area contributed by atoms with Gasteiger partial charge >= 0.3 is 6.03 Å². The van der Waals surface area contributed by atoms with Gasteiger partial charge < -0.3 is 20.7 Å². The van der Waals surface area contributed by atoms with Crippen LogP contribution in [0.3, 0.4) is 0 Å². The first-order valence-corrected chi connectivity index (χ1v) is 6.41. The molecule has 0 saturated heterocycles. The smallest absolute Gasteiger partial charge is 0.321 e. The number of benzene rings is 1. The van der Waals surface area contributed by atoms with Gasteiger partial charge in [0.05, 0.1) is 0 Å². The molecule has 0 radical (unpaired) electrons. The van der Waals surface area contributed by atoms with Crippen LogP contribution >= 0.6 is 0 Å². The van der Waals surface area contributed by atoms with Crippen LogP contribution in [0.2, 0.25) is 0 Å². The number of ether oxygens (including phenoxy) is 1. The molecule has 1 aromatic rings. The van der Waals surface area contributed by atoms with E-state index in [4.69, 9.17) is 10.5 Å². The van der Waals surface area contributed by atoms with E-state index in [1.165, 1.54) is 0 Å². The molecule has 0 bridgehead atoms. The standard InChI is InChI=1S/C14H23N3O2/c1-11(15)12-5-7-13(8-6-12)16-14(18)17(2)9-4-10-19-3/h5-8,11H,4,9-10,15H2,1-3H3,(H,16,18). The molecule has 0 aliphatic carbocycles. The van der Waals surface area contributed by atoms with Crippen LogP contribution in [0.15, 0.2) is 24.3 Å². The van der Waals surface area contributed by atoms with E-state index in [0.29, 0.717) is 13.2 Å². The predicted octanol–water partition coefficient (Wildman–Crippen LogP) is 2.21. The van der Waals surface area contributed by atoms with Crippen LogP contribution in [0, 0.1) is 0 Å². The number of nitrogens with one attached hydrogen (secondary N) is 1. The van der Waals surface area contributed by atoms with Gasteiger partial charge in [-0.2, -0.15) is 0 Å². The minimum Gasteiger partial charge on any atom is -0.385 e. The molecule has 0 heterocycles. The van der Waals surface area contributed by atoms with Crippen LogP contribution in [0.25, 0.3) is 0 Å². The summed E-state index contributed by atoms with van der Waals surface area (Å²) < 4.78 is 4.96. The van der Waals surface area contributed by atoms with Crippen molar-refractivity contribution >= 4 is 11.7 Å². The molecule has 106 valence electrons. The van der Waals surface area contributed by atoms with E-state index in [0.717, 1.165) is 17.7 Å². The number of rotatable bonds is 6. The van der Waals surface area contributed by atoms with Gasteiger partial charge in [0.2, 0.25) is 0 Å². The van der Waals surface area contributed by atoms with Crippen molar-refractivity contribution in [1.82, 2.24) is 4.90 Å². The van der Waals surface area contributed by atoms with Crippen LogP contribution in [0.5, 0.6) is 0 Å².